The summed E-state index contributed by atoms with van der Waals surface area (Å²) in [6, 6.07) is 14.4. The van der Waals surface area contributed by atoms with Gasteiger partial charge in [0.05, 0.1) is 6.26 Å². The number of aromatic nitrogens is 1. The molecular weight excluding hydrogens is 330 g/mol. The van der Waals surface area contributed by atoms with E-state index >= 15 is 0 Å². The first kappa shape index (κ1) is 16.0. The van der Waals surface area contributed by atoms with Crippen LogP contribution < -0.4 is 5.32 Å². The number of hydrogen-bond donors (Lipinski definition) is 1. The molecule has 3 heterocycles. The second kappa shape index (κ2) is 6.41. The summed E-state index contributed by atoms with van der Waals surface area (Å²) in [6.45, 7) is 5.98. The van der Waals surface area contributed by atoms with Gasteiger partial charge in [0.2, 0.25) is 0 Å². The molecule has 0 saturated carbocycles. The van der Waals surface area contributed by atoms with Crippen molar-refractivity contribution in [2.75, 3.05) is 11.9 Å². The number of anilines is 1. The van der Waals surface area contributed by atoms with Gasteiger partial charge in [-0.1, -0.05) is 12.1 Å². The smallest absolute Gasteiger partial charge is 0.174 e. The van der Waals surface area contributed by atoms with E-state index in [9.17, 15) is 0 Å². The quantitative estimate of drug-likeness (QED) is 0.689. The molecule has 4 nitrogen and oxygen atoms in total. The van der Waals surface area contributed by atoms with Crippen molar-refractivity contribution in [1.29, 1.82) is 0 Å². The van der Waals surface area contributed by atoms with Crippen LogP contribution in [-0.2, 0) is 6.54 Å². The lowest BCUT2D eigenvalue weighted by atomic mass is 10.1. The van der Waals surface area contributed by atoms with E-state index in [0.29, 0.717) is 0 Å². The Hall–Kier alpha value is -2.53. The van der Waals surface area contributed by atoms with E-state index in [1.807, 2.05) is 12.1 Å². The fourth-order valence-corrected chi connectivity index (χ4v) is 3.73. The maximum atomic E-state index is 5.78. The monoisotopic (exact) mass is 351 g/mol. The molecule has 2 aromatic heterocycles. The molecule has 0 aliphatic carbocycles. The fraction of sp³-hybridized carbons (Fsp3) is 0.250. The van der Waals surface area contributed by atoms with Crippen LogP contribution >= 0.6 is 12.2 Å². The molecule has 5 heteroatoms. The predicted molar refractivity (Wildman–Crippen MR) is 104 cm³/mol. The predicted octanol–water partition coefficient (Wildman–Crippen LogP) is 4.50. The average molecular weight is 351 g/mol. The highest BCUT2D eigenvalue weighted by molar-refractivity contribution is 7.80. The lowest BCUT2D eigenvalue weighted by Crippen LogP contribution is -2.44. The summed E-state index contributed by atoms with van der Waals surface area (Å²) < 4.78 is 8.00. The van der Waals surface area contributed by atoms with Crippen molar-refractivity contribution in [3.63, 3.8) is 0 Å². The van der Waals surface area contributed by atoms with E-state index in [-0.39, 0.29) is 6.04 Å². The van der Waals surface area contributed by atoms with E-state index in [1.165, 1.54) is 16.8 Å². The molecular formula is C20H21N3OS. The van der Waals surface area contributed by atoms with Gasteiger partial charge in [0.25, 0.3) is 0 Å². The maximum absolute atomic E-state index is 5.78. The van der Waals surface area contributed by atoms with Crippen LogP contribution in [0.2, 0.25) is 0 Å². The van der Waals surface area contributed by atoms with Crippen molar-refractivity contribution in [3.05, 3.63) is 77.5 Å². The highest BCUT2D eigenvalue weighted by atomic mass is 32.1. The number of nitrogens with one attached hydrogen (secondary N) is 1. The van der Waals surface area contributed by atoms with Crippen molar-refractivity contribution in [2.45, 2.75) is 26.4 Å². The van der Waals surface area contributed by atoms with Gasteiger partial charge in [0, 0.05) is 30.7 Å². The summed E-state index contributed by atoms with van der Waals surface area (Å²) in [5, 5.41) is 4.17. The van der Waals surface area contributed by atoms with Gasteiger partial charge in [0.1, 0.15) is 11.8 Å². The van der Waals surface area contributed by atoms with Gasteiger partial charge >= 0.3 is 0 Å². The minimum Gasteiger partial charge on any atom is -0.467 e. The Morgan fingerprint density at radius 2 is 2.00 bits per heavy atom. The van der Waals surface area contributed by atoms with Crippen molar-refractivity contribution in [1.82, 2.24) is 9.47 Å². The summed E-state index contributed by atoms with van der Waals surface area (Å²) in [4.78, 5) is 2.21. The van der Waals surface area contributed by atoms with Crippen molar-refractivity contribution >= 4 is 23.0 Å². The molecule has 128 valence electrons. The third kappa shape index (κ3) is 2.85. The van der Waals surface area contributed by atoms with Crippen LogP contribution in [0.25, 0.3) is 0 Å². The van der Waals surface area contributed by atoms with Crippen LogP contribution in [0.3, 0.4) is 0 Å². The molecule has 1 aliphatic heterocycles. The molecule has 1 unspecified atom stereocenters. The molecule has 25 heavy (non-hydrogen) atoms. The fourth-order valence-electron chi connectivity index (χ4n) is 3.42. The number of hydrogen-bond acceptors (Lipinski definition) is 2. The van der Waals surface area contributed by atoms with E-state index in [1.54, 1.807) is 6.26 Å². The van der Waals surface area contributed by atoms with E-state index < -0.39 is 0 Å². The van der Waals surface area contributed by atoms with Crippen LogP contribution in [0.1, 0.15) is 28.6 Å². The Morgan fingerprint density at radius 3 is 2.80 bits per heavy atom. The van der Waals surface area contributed by atoms with Crippen LogP contribution in [0.5, 0.6) is 0 Å². The molecule has 1 aliphatic rings. The zero-order chi connectivity index (χ0) is 17.4. The first-order chi connectivity index (χ1) is 12.1. The van der Waals surface area contributed by atoms with Gasteiger partial charge in [-0.25, -0.2) is 0 Å². The lowest BCUT2D eigenvalue weighted by Gasteiger charge is -2.37. The zero-order valence-corrected chi connectivity index (χ0v) is 15.2. The molecule has 1 aromatic carbocycles. The number of aryl methyl sites for hydroxylation is 1. The van der Waals surface area contributed by atoms with Gasteiger partial charge in [-0.3, -0.25) is 0 Å². The molecule has 0 radical (unpaired) electrons. The second-order valence-corrected chi connectivity index (χ2v) is 6.80. The van der Waals surface area contributed by atoms with Gasteiger partial charge in [-0.05, 0) is 67.5 Å². The largest absolute Gasteiger partial charge is 0.467 e. The van der Waals surface area contributed by atoms with Gasteiger partial charge < -0.3 is 19.2 Å². The molecule has 0 fully saturated rings. The van der Waals surface area contributed by atoms with E-state index in [0.717, 1.165) is 29.6 Å². The van der Waals surface area contributed by atoms with Crippen molar-refractivity contribution in [3.8, 4) is 0 Å². The Bertz CT molecular complexity index is 898. The van der Waals surface area contributed by atoms with E-state index in [2.05, 4.69) is 65.2 Å². The van der Waals surface area contributed by atoms with Crippen molar-refractivity contribution in [2.24, 2.45) is 0 Å². The van der Waals surface area contributed by atoms with Crippen LogP contribution in [0, 0.1) is 13.8 Å². The molecule has 0 spiro atoms. The third-order valence-corrected chi connectivity index (χ3v) is 5.29. The Kier molecular flexibility index (Phi) is 4.09. The average Bonchev–Trinajstić information content (AvgIpc) is 3.29. The van der Waals surface area contributed by atoms with Crippen LogP contribution in [-0.4, -0.2) is 21.1 Å². The van der Waals surface area contributed by atoms with Gasteiger partial charge in [-0.2, -0.15) is 0 Å². The zero-order valence-electron chi connectivity index (χ0n) is 14.4. The standard InChI is InChI=1S/C20H21N3OS/c1-14-6-3-7-16(15(14)2)21-20(25)23-12-11-22-10-4-8-17(22)19(23)18-9-5-13-24-18/h3-10,13,19H,11-12H2,1-2H3,(H,21,25). The lowest BCUT2D eigenvalue weighted by molar-refractivity contribution is 0.261. The van der Waals surface area contributed by atoms with Crippen LogP contribution in [0.4, 0.5) is 5.69 Å². The van der Waals surface area contributed by atoms with Gasteiger partial charge in [0.15, 0.2) is 5.11 Å². The summed E-state index contributed by atoms with van der Waals surface area (Å²) >= 11 is 5.78. The number of fused-ring (bicyclic) bond motifs is 1. The molecule has 1 N–H and O–H groups in total. The minimum atomic E-state index is -0.0103. The van der Waals surface area contributed by atoms with Crippen molar-refractivity contribution < 1.29 is 4.42 Å². The summed E-state index contributed by atoms with van der Waals surface area (Å²) in [5.74, 6) is 0.907. The number of benzene rings is 1. The summed E-state index contributed by atoms with van der Waals surface area (Å²) in [5.41, 5.74) is 4.73. The highest BCUT2D eigenvalue weighted by Gasteiger charge is 2.32. The molecule has 1 atom stereocenters. The molecule has 4 rings (SSSR count). The first-order valence-corrected chi connectivity index (χ1v) is 8.88. The number of rotatable bonds is 2. The molecule has 0 saturated heterocycles. The minimum absolute atomic E-state index is 0.0103. The second-order valence-electron chi connectivity index (χ2n) is 6.42. The SMILES string of the molecule is Cc1cccc(NC(=S)N2CCn3cccc3C2c2ccco2)c1C. The Labute approximate surface area is 153 Å². The van der Waals surface area contributed by atoms with Gasteiger partial charge in [-0.15, -0.1) is 0 Å². The highest BCUT2D eigenvalue weighted by Crippen LogP contribution is 2.33. The maximum Gasteiger partial charge on any atom is 0.174 e. The van der Waals surface area contributed by atoms with E-state index in [4.69, 9.17) is 16.6 Å². The number of nitrogens with zero attached hydrogens (tertiary/aromatic N) is 2. The first-order valence-electron chi connectivity index (χ1n) is 8.47. The topological polar surface area (TPSA) is 33.3 Å². The summed E-state index contributed by atoms with van der Waals surface area (Å²) in [7, 11) is 0. The number of thiocarbonyl (C=S) groups is 1. The molecule has 0 bridgehead atoms. The summed E-state index contributed by atoms with van der Waals surface area (Å²) in [6.07, 6.45) is 3.83. The number of furan rings is 1. The third-order valence-electron chi connectivity index (χ3n) is 4.96. The Morgan fingerprint density at radius 1 is 1.12 bits per heavy atom. The molecule has 3 aromatic rings. The normalized spacial score (nSPS) is 16.6. The van der Waals surface area contributed by atoms with Crippen LogP contribution in [0.15, 0.2) is 59.3 Å². The Balaban J connectivity index is 1.66. The molecule has 0 amide bonds.